The average Bonchev–Trinajstić information content (AvgIpc) is 3.49. The minimum atomic E-state index is -4.62. The van der Waals surface area contributed by atoms with Crippen LogP contribution in [0.2, 0.25) is 0 Å². The summed E-state index contributed by atoms with van der Waals surface area (Å²) in [5, 5.41) is 2.47. The van der Waals surface area contributed by atoms with E-state index in [1.165, 1.54) is 39.9 Å². The second-order valence-electron chi connectivity index (χ2n) is 14.9. The normalized spacial score (nSPS) is 16.6. The Morgan fingerprint density at radius 1 is 0.891 bits per heavy atom. The van der Waals surface area contributed by atoms with Crippen molar-refractivity contribution in [2.24, 2.45) is 0 Å². The summed E-state index contributed by atoms with van der Waals surface area (Å²) in [6, 6.07) is 25.5. The van der Waals surface area contributed by atoms with Crippen LogP contribution in [-0.2, 0) is 37.0 Å². The third-order valence-electron chi connectivity index (χ3n) is 10.7. The van der Waals surface area contributed by atoms with Gasteiger partial charge in [0.25, 0.3) is 0 Å². The second-order valence-corrected chi connectivity index (χ2v) is 16.3. The summed E-state index contributed by atoms with van der Waals surface area (Å²) in [6.07, 6.45) is 13.5. The maximum atomic E-state index is 12.0. The molecule has 6 rings (SSSR count). The first-order chi connectivity index (χ1) is 25.8. The molecule has 0 unspecified atom stereocenters. The number of esters is 1. The van der Waals surface area contributed by atoms with E-state index >= 15 is 0 Å². The Balaban J connectivity index is 0.00000580. The summed E-state index contributed by atoms with van der Waals surface area (Å²) >= 11 is 0. The number of hydrogen-bond donors (Lipinski definition) is 0. The second kappa shape index (κ2) is 17.8. The topological polar surface area (TPSA) is 99.0 Å². The van der Waals surface area contributed by atoms with Crippen molar-refractivity contribution in [3.8, 4) is 5.75 Å². The van der Waals surface area contributed by atoms with E-state index in [1.807, 2.05) is 43.3 Å². The third-order valence-corrected chi connectivity index (χ3v) is 11.5. The molecular weight excluding hydrogens is 736 g/mol. The molecule has 4 aromatic rings. The van der Waals surface area contributed by atoms with Crippen LogP contribution in [0.5, 0.6) is 5.75 Å². The van der Waals surface area contributed by atoms with Gasteiger partial charge in [-0.1, -0.05) is 68.8 Å². The Kier molecular flexibility index (Phi) is 13.9. The molecule has 282 valence electrons. The van der Waals surface area contributed by atoms with Crippen LogP contribution in [0.15, 0.2) is 120 Å². The molecule has 2 heterocycles. The van der Waals surface area contributed by atoms with Gasteiger partial charge in [0.15, 0.2) is 12.3 Å². The van der Waals surface area contributed by atoms with Crippen molar-refractivity contribution in [3.05, 3.63) is 132 Å². The predicted octanol–water partition coefficient (Wildman–Crippen LogP) is 6.25. The Morgan fingerprint density at radius 2 is 1.64 bits per heavy atom. The van der Waals surface area contributed by atoms with Gasteiger partial charge in [0, 0.05) is 53.0 Å². The molecule has 55 heavy (non-hydrogen) atoms. The van der Waals surface area contributed by atoms with Crippen molar-refractivity contribution in [1.82, 2.24) is 0 Å². The number of carbonyl (C=O) groups excluding carboxylic acids is 1. The fourth-order valence-corrected chi connectivity index (χ4v) is 8.47. The van der Waals surface area contributed by atoms with E-state index in [4.69, 9.17) is 9.47 Å². The summed E-state index contributed by atoms with van der Waals surface area (Å²) in [5.41, 5.74) is 6.60. The molecule has 0 aliphatic carbocycles. The quantitative estimate of drug-likeness (QED) is 0.0373. The molecule has 0 bridgehead atoms. The van der Waals surface area contributed by atoms with Crippen molar-refractivity contribution in [3.63, 3.8) is 0 Å². The van der Waals surface area contributed by atoms with E-state index in [9.17, 15) is 17.8 Å². The zero-order valence-corrected chi connectivity index (χ0v) is 37.0. The fraction of sp³-hybridized carbons (Fsp3) is 0.333. The molecule has 8 nitrogen and oxygen atoms in total. The third kappa shape index (κ3) is 9.12. The number of rotatable bonds is 14. The smallest absolute Gasteiger partial charge is 0.744 e. The van der Waals surface area contributed by atoms with E-state index in [-0.39, 0.29) is 67.7 Å². The molecule has 2 aliphatic rings. The van der Waals surface area contributed by atoms with Gasteiger partial charge in [0.2, 0.25) is 5.69 Å². The Bertz CT molecular complexity index is 2290. The number of benzene rings is 4. The van der Waals surface area contributed by atoms with Gasteiger partial charge in [-0.2, -0.15) is 4.58 Å². The van der Waals surface area contributed by atoms with Gasteiger partial charge in [-0.15, -0.1) is 0 Å². The van der Waals surface area contributed by atoms with Gasteiger partial charge in [-0.25, -0.2) is 8.42 Å². The number of unbranched alkanes of at least 4 members (excludes halogenated alkanes) is 2. The number of nitrogens with zero attached hydrogens (tertiary/aromatic N) is 2. The van der Waals surface area contributed by atoms with E-state index in [0.29, 0.717) is 19.6 Å². The van der Waals surface area contributed by atoms with Crippen molar-refractivity contribution >= 4 is 43.9 Å². The van der Waals surface area contributed by atoms with Crippen molar-refractivity contribution < 1.29 is 83.2 Å². The summed E-state index contributed by atoms with van der Waals surface area (Å²) in [7, 11) is -2.98. The van der Waals surface area contributed by atoms with Crippen LogP contribution >= 0.6 is 0 Å². The van der Waals surface area contributed by atoms with Crippen molar-refractivity contribution in [2.75, 3.05) is 25.2 Å². The number of ether oxygens (including phenoxy) is 2. The molecule has 0 aromatic heterocycles. The molecule has 0 fully saturated rings. The molecule has 0 amide bonds. The number of carbonyl (C=O) groups is 1. The minimum Gasteiger partial charge on any atom is -0.744 e. The number of hydrogen-bond acceptors (Lipinski definition) is 7. The largest absolute Gasteiger partial charge is 1.00 e. The number of allylic oxidation sites excluding steroid dienone is 6. The molecule has 10 heteroatoms. The molecule has 0 radical (unpaired) electrons. The summed E-state index contributed by atoms with van der Waals surface area (Å²) < 4.78 is 48.7. The Hall–Kier alpha value is -3.35. The monoisotopic (exact) mass is 785 g/mol. The first-order valence-electron chi connectivity index (χ1n) is 18.7. The first kappa shape index (κ1) is 42.8. The zero-order valence-electron chi connectivity index (χ0n) is 33.1. The molecule has 0 saturated carbocycles. The zero-order chi connectivity index (χ0) is 38.7. The van der Waals surface area contributed by atoms with Gasteiger partial charge in [0.1, 0.15) is 15.9 Å². The van der Waals surface area contributed by atoms with Crippen LogP contribution in [0.3, 0.4) is 0 Å². The molecule has 0 spiro atoms. The summed E-state index contributed by atoms with van der Waals surface area (Å²) in [5.74, 6) is 0.631. The van der Waals surface area contributed by atoms with Crippen LogP contribution < -0.4 is 61.0 Å². The molecule has 2 aliphatic heterocycles. The first-order valence-corrected chi connectivity index (χ1v) is 20.1. The minimum absolute atomic E-state index is 0. The Labute approximate surface area is 368 Å². The number of methoxy groups -OCH3 is 1. The van der Waals surface area contributed by atoms with E-state index in [2.05, 4.69) is 91.8 Å². The Morgan fingerprint density at radius 3 is 2.35 bits per heavy atom. The van der Waals surface area contributed by atoms with Gasteiger partial charge in [-0.3, -0.25) is 4.79 Å². The molecule has 0 atom stereocenters. The maximum Gasteiger partial charge on any atom is 1.00 e. The van der Waals surface area contributed by atoms with Crippen LogP contribution in [0.4, 0.5) is 11.4 Å². The van der Waals surface area contributed by atoms with E-state index in [0.717, 1.165) is 54.1 Å². The van der Waals surface area contributed by atoms with Crippen LogP contribution in [0.25, 0.3) is 10.8 Å². The van der Waals surface area contributed by atoms with Gasteiger partial charge in [-0.05, 0) is 98.5 Å². The summed E-state index contributed by atoms with van der Waals surface area (Å²) in [4.78, 5) is 14.1. The standard InChI is InChI=1S/C45H50N2O6S.K/c1-7-53-42(48)20-12-9-15-29-46-39-27-23-33-16-13-14-17-36(33)43(39)45(4,5)41(46)19-11-8-10-18-40-44(2,3)37-30-35(54(49,50)51)26-28-38(37)47(40)31-32-21-24-34(52-6)25-22-32;/h8,10-11,13-14,16-19,21-28,30H,7,9,12,15,20,29,31H2,1-6H3;/q;+1. The van der Waals surface area contributed by atoms with Crippen LogP contribution in [0, 0.1) is 0 Å². The number of fused-ring (bicyclic) bond motifs is 4. The van der Waals surface area contributed by atoms with Crippen molar-refractivity contribution in [1.29, 1.82) is 0 Å². The predicted molar refractivity (Wildman–Crippen MR) is 215 cm³/mol. The van der Waals surface area contributed by atoms with E-state index in [1.54, 1.807) is 13.2 Å². The van der Waals surface area contributed by atoms with Crippen LogP contribution in [-0.4, -0.2) is 49.5 Å². The summed E-state index contributed by atoms with van der Waals surface area (Å²) in [6.45, 7) is 12.3. The van der Waals surface area contributed by atoms with E-state index < -0.39 is 15.5 Å². The molecular formula is C45H50KN2O6S+. The average molecular weight is 786 g/mol. The number of anilines is 1. The van der Waals surface area contributed by atoms with Crippen LogP contribution in [0.1, 0.15) is 77.0 Å². The molecule has 0 saturated heterocycles. The molecule has 0 N–H and O–H groups in total. The van der Waals surface area contributed by atoms with Gasteiger partial charge in [0.05, 0.1) is 24.0 Å². The van der Waals surface area contributed by atoms with Gasteiger partial charge < -0.3 is 18.9 Å². The fourth-order valence-electron chi connectivity index (χ4n) is 7.98. The molecule has 4 aromatic carbocycles. The van der Waals surface area contributed by atoms with Gasteiger partial charge >= 0.3 is 57.4 Å². The SMILES string of the molecule is CCOC(=O)CCCCCN1/C(=C/C=C/C=C/C2=[N+](Cc3ccc(OC)cc3)c3ccc(S(=O)(=O)[O-])cc3C2(C)C)C(C)(C)c2c1ccc1ccccc21.[K+]. The van der Waals surface area contributed by atoms with Crippen molar-refractivity contribution in [2.45, 2.75) is 82.6 Å². The maximum absolute atomic E-state index is 12.0.